The van der Waals surface area contributed by atoms with Gasteiger partial charge >= 0.3 is 0 Å². The molecule has 2 unspecified atom stereocenters. The van der Waals surface area contributed by atoms with E-state index < -0.39 is 22.1 Å². The van der Waals surface area contributed by atoms with Crippen molar-refractivity contribution < 1.29 is 13.0 Å². The highest BCUT2D eigenvalue weighted by Crippen LogP contribution is 2.41. The average Bonchev–Trinajstić information content (AvgIpc) is 2.65. The van der Waals surface area contributed by atoms with Crippen molar-refractivity contribution in [3.8, 4) is 11.1 Å². The molecule has 2 atom stereocenters. The maximum Gasteiger partial charge on any atom is 0.187 e. The van der Waals surface area contributed by atoms with Crippen LogP contribution in [-0.2, 0) is 22.1 Å². The topological polar surface area (TPSA) is 80.4 Å². The third-order valence-electron chi connectivity index (χ3n) is 4.54. The molecule has 142 valence electrons. The van der Waals surface area contributed by atoms with Gasteiger partial charge in [-0.05, 0) is 57.9 Å². The van der Waals surface area contributed by atoms with Crippen LogP contribution in [0.5, 0.6) is 0 Å². The molecule has 0 aromatic heterocycles. The molecule has 0 fully saturated rings. The Bertz CT molecular complexity index is 1210. The number of nitrogens with two attached hydrogens (primary N) is 1. The second kappa shape index (κ2) is 7.78. The van der Waals surface area contributed by atoms with Gasteiger partial charge in [0.1, 0.15) is 11.0 Å². The van der Waals surface area contributed by atoms with Gasteiger partial charge in [0.2, 0.25) is 0 Å². The van der Waals surface area contributed by atoms with Gasteiger partial charge in [-0.1, -0.05) is 56.1 Å². The van der Waals surface area contributed by atoms with E-state index in [2.05, 4.69) is 31.9 Å². The van der Waals surface area contributed by atoms with Crippen LogP contribution in [0.15, 0.2) is 79.4 Å². The quantitative estimate of drug-likeness (QED) is 0.326. The summed E-state index contributed by atoms with van der Waals surface area (Å²) in [7, 11) is -1.77. The second-order valence-corrected chi connectivity index (χ2v) is 9.96. The van der Waals surface area contributed by atoms with Gasteiger partial charge in [0, 0.05) is 20.1 Å². The van der Waals surface area contributed by atoms with E-state index in [1.807, 2.05) is 42.5 Å². The van der Waals surface area contributed by atoms with Gasteiger partial charge in [0.05, 0.1) is 9.79 Å². The minimum atomic E-state index is -2.23. The van der Waals surface area contributed by atoms with Crippen molar-refractivity contribution in [2.45, 2.75) is 9.79 Å². The molecule has 0 radical (unpaired) electrons. The first-order valence-electron chi connectivity index (χ1n) is 8.09. The molecule has 3 N–H and O–H groups in total. The van der Waals surface area contributed by atoms with Gasteiger partial charge in [-0.15, -0.1) is 0 Å². The third-order valence-corrected chi connectivity index (χ3v) is 7.02. The predicted molar refractivity (Wildman–Crippen MR) is 122 cm³/mol. The summed E-state index contributed by atoms with van der Waals surface area (Å²) in [6.45, 7) is 0. The Labute approximate surface area is 183 Å². The molecule has 4 rings (SSSR count). The number of halogens is 2. The summed E-state index contributed by atoms with van der Waals surface area (Å²) in [5.41, 5.74) is 1.17. The van der Waals surface area contributed by atoms with Crippen LogP contribution < -0.4 is 5.14 Å². The number of rotatable bonds is 3. The van der Waals surface area contributed by atoms with Crippen molar-refractivity contribution in [2.24, 2.45) is 5.14 Å². The highest BCUT2D eigenvalue weighted by molar-refractivity contribution is 9.10. The van der Waals surface area contributed by atoms with Gasteiger partial charge in [-0.2, -0.15) is 0 Å². The zero-order valence-corrected chi connectivity index (χ0v) is 19.0. The number of fused-ring (bicyclic) bond motifs is 2. The van der Waals surface area contributed by atoms with Gasteiger partial charge in [0.25, 0.3) is 0 Å². The Morgan fingerprint density at radius 3 is 1.64 bits per heavy atom. The maximum absolute atomic E-state index is 12.4. The van der Waals surface area contributed by atoms with Crippen molar-refractivity contribution in [3.05, 3.63) is 69.6 Å². The van der Waals surface area contributed by atoms with Crippen LogP contribution in [0.3, 0.4) is 0 Å². The molecule has 0 aliphatic heterocycles. The fraction of sp³-hybridized carbons (Fsp3) is 0. The molecule has 4 nitrogen and oxygen atoms in total. The van der Waals surface area contributed by atoms with E-state index >= 15 is 0 Å². The lowest BCUT2D eigenvalue weighted by Gasteiger charge is -2.17. The first-order chi connectivity index (χ1) is 13.4. The normalized spacial score (nSPS) is 13.7. The van der Waals surface area contributed by atoms with E-state index in [1.165, 1.54) is 0 Å². The molecule has 0 bridgehead atoms. The van der Waals surface area contributed by atoms with Gasteiger partial charge in [-0.25, -0.2) is 13.6 Å². The lowest BCUT2D eigenvalue weighted by atomic mass is 9.94. The van der Waals surface area contributed by atoms with Crippen molar-refractivity contribution in [1.29, 1.82) is 0 Å². The van der Waals surface area contributed by atoms with Crippen molar-refractivity contribution >= 4 is 75.5 Å². The zero-order chi connectivity index (χ0) is 20.0. The highest BCUT2D eigenvalue weighted by atomic mass is 79.9. The molecule has 4 aromatic carbocycles. The lowest BCUT2D eigenvalue weighted by molar-refractivity contribution is 0.565. The highest BCUT2D eigenvalue weighted by Gasteiger charge is 2.21. The van der Waals surface area contributed by atoms with Crippen LogP contribution >= 0.6 is 31.9 Å². The van der Waals surface area contributed by atoms with Crippen LogP contribution in [0.2, 0.25) is 0 Å². The molecule has 0 amide bonds. The van der Waals surface area contributed by atoms with E-state index in [4.69, 9.17) is 5.14 Å². The van der Waals surface area contributed by atoms with Gasteiger partial charge in [0.15, 0.2) is 11.1 Å². The molecular formula is C20H13Br2NO3S2. The van der Waals surface area contributed by atoms with Crippen LogP contribution in [0.4, 0.5) is 0 Å². The zero-order valence-electron chi connectivity index (χ0n) is 14.2. The van der Waals surface area contributed by atoms with Crippen LogP contribution in [0.25, 0.3) is 32.7 Å². The Morgan fingerprint density at radius 1 is 0.714 bits per heavy atom. The predicted octanol–water partition coefficient (Wildman–Crippen LogP) is 5.75. The number of hydrogen-bond donors (Lipinski definition) is 2. The minimum Gasteiger partial charge on any atom is -0.302 e. The van der Waals surface area contributed by atoms with E-state index in [9.17, 15) is 13.0 Å². The molecule has 0 saturated heterocycles. The Morgan fingerprint density at radius 2 is 1.18 bits per heavy atom. The molecule has 8 heteroatoms. The van der Waals surface area contributed by atoms with E-state index in [0.29, 0.717) is 16.0 Å². The van der Waals surface area contributed by atoms with E-state index in [0.717, 1.165) is 30.5 Å². The van der Waals surface area contributed by atoms with Crippen LogP contribution in [-0.4, -0.2) is 13.0 Å². The molecular weight excluding hydrogens is 526 g/mol. The minimum absolute atomic E-state index is 0.247. The van der Waals surface area contributed by atoms with E-state index in [1.54, 1.807) is 18.2 Å². The molecule has 0 saturated carbocycles. The van der Waals surface area contributed by atoms with Crippen LogP contribution in [0.1, 0.15) is 0 Å². The summed E-state index contributed by atoms with van der Waals surface area (Å²) in [6, 6.07) is 18.4. The summed E-state index contributed by atoms with van der Waals surface area (Å²) in [6.07, 6.45) is 0. The molecule has 4 aromatic rings. The van der Waals surface area contributed by atoms with Crippen LogP contribution in [0, 0.1) is 0 Å². The monoisotopic (exact) mass is 537 g/mol. The molecule has 0 aliphatic carbocycles. The Kier molecular flexibility index (Phi) is 5.52. The standard InChI is InChI=1S/C20H13Br2NO3S2/c21-13-3-5-15-11(9-13)1-7-17(27(23)24)19(15)20-16-6-4-14(22)10-12(16)2-8-18(20)28(25)26/h1-10H,23H2,(H,25,26). The summed E-state index contributed by atoms with van der Waals surface area (Å²) in [4.78, 5) is 0.661. The molecule has 0 aliphatic rings. The van der Waals surface area contributed by atoms with Crippen molar-refractivity contribution in [1.82, 2.24) is 0 Å². The van der Waals surface area contributed by atoms with Crippen molar-refractivity contribution in [3.63, 3.8) is 0 Å². The average molecular weight is 539 g/mol. The molecule has 28 heavy (non-hydrogen) atoms. The largest absolute Gasteiger partial charge is 0.302 e. The molecule has 0 heterocycles. The van der Waals surface area contributed by atoms with Gasteiger partial charge in [-0.3, -0.25) is 0 Å². The first kappa shape index (κ1) is 19.9. The Balaban J connectivity index is 2.25. The fourth-order valence-corrected chi connectivity index (χ4v) is 5.33. The second-order valence-electron chi connectivity index (χ2n) is 6.15. The number of benzene rings is 4. The number of hydrogen-bond acceptors (Lipinski definition) is 2. The summed E-state index contributed by atoms with van der Waals surface area (Å²) in [5.74, 6) is 0. The maximum atomic E-state index is 12.4. The SMILES string of the molecule is NS(=O)c1ccc2cc(Br)ccc2c1-c1c(S(=O)O)ccc2cc(Br)ccc12. The van der Waals surface area contributed by atoms with E-state index in [-0.39, 0.29) is 4.90 Å². The summed E-state index contributed by atoms with van der Waals surface area (Å²) in [5, 5.41) is 9.17. The fourth-order valence-electron chi connectivity index (χ4n) is 3.39. The summed E-state index contributed by atoms with van der Waals surface area (Å²) < 4.78 is 36.3. The van der Waals surface area contributed by atoms with Gasteiger partial charge < -0.3 is 4.55 Å². The van der Waals surface area contributed by atoms with Crippen molar-refractivity contribution in [2.75, 3.05) is 0 Å². The molecule has 0 spiro atoms. The third kappa shape index (κ3) is 3.49. The smallest absolute Gasteiger partial charge is 0.187 e. The first-order valence-corrected chi connectivity index (χ1v) is 12.0. The Hall–Kier alpha value is -1.42. The lowest BCUT2D eigenvalue weighted by Crippen LogP contribution is -2.06. The summed E-state index contributed by atoms with van der Waals surface area (Å²) >= 11 is 4.70.